The summed E-state index contributed by atoms with van der Waals surface area (Å²) in [5, 5.41) is 0. The maximum absolute atomic E-state index is 14.4. The Morgan fingerprint density at radius 2 is 2.25 bits per heavy atom. The fraction of sp³-hybridized carbons (Fsp3) is 0.667. The molecule has 1 saturated heterocycles. The van der Waals surface area contributed by atoms with Crippen LogP contribution in [-0.2, 0) is 14.2 Å². The zero-order chi connectivity index (χ0) is 14.9. The van der Waals surface area contributed by atoms with Crippen molar-refractivity contribution >= 4 is 5.82 Å². The zero-order valence-electron chi connectivity index (χ0n) is 11.6. The highest BCUT2D eigenvalue weighted by Crippen LogP contribution is 2.33. The van der Waals surface area contributed by atoms with E-state index < -0.39 is 30.3 Å². The second kappa shape index (κ2) is 5.86. The second-order valence-electron chi connectivity index (χ2n) is 4.66. The van der Waals surface area contributed by atoms with Crippen molar-refractivity contribution in [3.63, 3.8) is 0 Å². The number of nitrogen functional groups attached to an aromatic ring is 1. The summed E-state index contributed by atoms with van der Waals surface area (Å²) in [6.07, 6.45) is -2.55. The monoisotopic (exact) mass is 287 g/mol. The van der Waals surface area contributed by atoms with Crippen LogP contribution in [-0.4, -0.2) is 48.8 Å². The molecule has 0 aromatic carbocycles. The second-order valence-corrected chi connectivity index (χ2v) is 4.66. The molecule has 0 amide bonds. The highest BCUT2D eigenvalue weighted by molar-refractivity contribution is 5.35. The molecule has 1 fully saturated rings. The van der Waals surface area contributed by atoms with E-state index in [-0.39, 0.29) is 12.4 Å². The molecule has 2 N–H and O–H groups in total. The molecule has 1 aromatic rings. The molecule has 0 saturated carbocycles. The molecule has 0 bridgehead atoms. The summed E-state index contributed by atoms with van der Waals surface area (Å²) in [4.78, 5) is 15.5. The van der Waals surface area contributed by atoms with Crippen molar-refractivity contribution in [2.75, 3.05) is 26.6 Å². The largest absolute Gasteiger partial charge is 0.383 e. The third-order valence-corrected chi connectivity index (χ3v) is 3.32. The smallest absolute Gasteiger partial charge is 0.351 e. The van der Waals surface area contributed by atoms with Gasteiger partial charge in [-0.1, -0.05) is 0 Å². The summed E-state index contributed by atoms with van der Waals surface area (Å²) in [6, 6.07) is 0. The van der Waals surface area contributed by atoms with Crippen LogP contribution < -0.4 is 11.4 Å². The lowest BCUT2D eigenvalue weighted by molar-refractivity contribution is -0.0625. The summed E-state index contributed by atoms with van der Waals surface area (Å²) in [7, 11) is 2.87. The maximum Gasteiger partial charge on any atom is 0.351 e. The first-order chi connectivity index (χ1) is 9.49. The Kier molecular flexibility index (Phi) is 4.36. The van der Waals surface area contributed by atoms with Crippen LogP contribution in [0.3, 0.4) is 0 Å². The van der Waals surface area contributed by atoms with Crippen LogP contribution >= 0.6 is 0 Å². The fourth-order valence-corrected chi connectivity index (χ4v) is 2.26. The van der Waals surface area contributed by atoms with Gasteiger partial charge < -0.3 is 19.9 Å². The van der Waals surface area contributed by atoms with E-state index in [1.807, 2.05) is 0 Å². The van der Waals surface area contributed by atoms with Gasteiger partial charge in [0.15, 0.2) is 12.4 Å². The SMILES string of the molecule is COC[C@H]1O[C@@H](n2cc(C)c(N)nc2=O)C(F)C1OC. The molecule has 1 aromatic heterocycles. The van der Waals surface area contributed by atoms with Crippen molar-refractivity contribution in [1.82, 2.24) is 9.55 Å². The van der Waals surface area contributed by atoms with Crippen LogP contribution in [0, 0.1) is 6.92 Å². The highest BCUT2D eigenvalue weighted by Gasteiger charge is 2.46. The van der Waals surface area contributed by atoms with Gasteiger partial charge in [0.05, 0.1) is 6.61 Å². The van der Waals surface area contributed by atoms with E-state index in [0.717, 1.165) is 4.57 Å². The molecule has 2 unspecified atom stereocenters. The standard InChI is InChI=1S/C12H18FN3O4/c1-6-4-16(12(17)15-10(6)14)11-8(13)9(19-3)7(20-11)5-18-2/h4,7-9,11H,5H2,1-3H3,(H2,14,15,17)/t7-,8?,9?,11-/m1/s1. The summed E-state index contributed by atoms with van der Waals surface area (Å²) in [5.41, 5.74) is 5.46. The molecule has 0 spiro atoms. The molecule has 2 rings (SSSR count). The Hall–Kier alpha value is -1.51. The molecular weight excluding hydrogens is 269 g/mol. The molecule has 1 aliphatic heterocycles. The van der Waals surface area contributed by atoms with E-state index in [2.05, 4.69) is 4.98 Å². The minimum absolute atomic E-state index is 0.122. The van der Waals surface area contributed by atoms with E-state index in [9.17, 15) is 9.18 Å². The van der Waals surface area contributed by atoms with E-state index >= 15 is 0 Å². The first-order valence-electron chi connectivity index (χ1n) is 6.16. The Balaban J connectivity index is 2.34. The summed E-state index contributed by atoms with van der Waals surface area (Å²) < 4.78 is 31.1. The van der Waals surface area contributed by atoms with Gasteiger partial charge in [0, 0.05) is 26.0 Å². The summed E-state index contributed by atoms with van der Waals surface area (Å²) in [6.45, 7) is 1.85. The van der Waals surface area contributed by atoms with Crippen LogP contribution in [0.15, 0.2) is 11.0 Å². The average Bonchev–Trinajstić information content (AvgIpc) is 2.71. The van der Waals surface area contributed by atoms with Crippen molar-refractivity contribution in [3.8, 4) is 0 Å². The van der Waals surface area contributed by atoms with Crippen LogP contribution in [0.4, 0.5) is 10.2 Å². The zero-order valence-corrected chi connectivity index (χ0v) is 11.6. The van der Waals surface area contributed by atoms with E-state index in [1.54, 1.807) is 6.92 Å². The number of methoxy groups -OCH3 is 2. The predicted molar refractivity (Wildman–Crippen MR) is 69.1 cm³/mol. The molecule has 0 aliphatic carbocycles. The van der Waals surface area contributed by atoms with E-state index in [0.29, 0.717) is 5.56 Å². The fourth-order valence-electron chi connectivity index (χ4n) is 2.26. The molecule has 2 heterocycles. The van der Waals surface area contributed by atoms with E-state index in [1.165, 1.54) is 20.4 Å². The maximum atomic E-state index is 14.4. The number of aryl methyl sites for hydroxylation is 1. The van der Waals surface area contributed by atoms with Crippen molar-refractivity contribution < 1.29 is 18.6 Å². The van der Waals surface area contributed by atoms with Crippen LogP contribution in [0.5, 0.6) is 0 Å². The summed E-state index contributed by atoms with van der Waals surface area (Å²) >= 11 is 0. The van der Waals surface area contributed by atoms with Crippen molar-refractivity contribution in [1.29, 1.82) is 0 Å². The number of anilines is 1. The Morgan fingerprint density at radius 1 is 1.55 bits per heavy atom. The number of hydrogen-bond donors (Lipinski definition) is 1. The summed E-state index contributed by atoms with van der Waals surface area (Å²) in [5.74, 6) is 0.122. The van der Waals surface area contributed by atoms with Crippen LogP contribution in [0.1, 0.15) is 11.8 Å². The number of halogens is 1. The lowest BCUT2D eigenvalue weighted by Crippen LogP contribution is -2.35. The van der Waals surface area contributed by atoms with Gasteiger partial charge in [-0.2, -0.15) is 4.98 Å². The highest BCUT2D eigenvalue weighted by atomic mass is 19.1. The Bertz CT molecular complexity index is 536. The van der Waals surface area contributed by atoms with Gasteiger partial charge in [-0.25, -0.2) is 9.18 Å². The number of aromatic nitrogens is 2. The third kappa shape index (κ3) is 2.54. The first-order valence-corrected chi connectivity index (χ1v) is 6.16. The van der Waals surface area contributed by atoms with Gasteiger partial charge in [-0.05, 0) is 6.92 Å². The minimum Gasteiger partial charge on any atom is -0.383 e. The number of hydrogen-bond acceptors (Lipinski definition) is 6. The van der Waals surface area contributed by atoms with Crippen LogP contribution in [0.25, 0.3) is 0 Å². The van der Waals surface area contributed by atoms with Gasteiger partial charge >= 0.3 is 5.69 Å². The number of nitrogens with zero attached hydrogens (tertiary/aromatic N) is 2. The molecule has 8 heteroatoms. The number of ether oxygens (including phenoxy) is 3. The molecule has 1 aliphatic rings. The van der Waals surface area contributed by atoms with Crippen molar-refractivity contribution in [2.45, 2.75) is 31.5 Å². The molecular formula is C12H18FN3O4. The Labute approximate surface area is 115 Å². The van der Waals surface area contributed by atoms with Crippen molar-refractivity contribution in [3.05, 3.63) is 22.2 Å². The average molecular weight is 287 g/mol. The number of nitrogens with two attached hydrogens (primary N) is 1. The van der Waals surface area contributed by atoms with Gasteiger partial charge in [0.25, 0.3) is 0 Å². The number of rotatable bonds is 4. The molecule has 0 radical (unpaired) electrons. The minimum atomic E-state index is -1.50. The topological polar surface area (TPSA) is 88.6 Å². The van der Waals surface area contributed by atoms with Gasteiger partial charge in [0.2, 0.25) is 0 Å². The van der Waals surface area contributed by atoms with E-state index in [4.69, 9.17) is 19.9 Å². The third-order valence-electron chi connectivity index (χ3n) is 3.32. The number of alkyl halides is 1. The lowest BCUT2D eigenvalue weighted by Gasteiger charge is -2.17. The van der Waals surface area contributed by atoms with Crippen molar-refractivity contribution in [2.24, 2.45) is 0 Å². The molecule has 112 valence electrons. The van der Waals surface area contributed by atoms with Gasteiger partial charge in [0.1, 0.15) is 18.0 Å². The lowest BCUT2D eigenvalue weighted by atomic mass is 10.1. The van der Waals surface area contributed by atoms with Gasteiger partial charge in [-0.15, -0.1) is 0 Å². The van der Waals surface area contributed by atoms with Crippen LogP contribution in [0.2, 0.25) is 0 Å². The quantitative estimate of drug-likeness (QED) is 0.840. The Morgan fingerprint density at radius 3 is 2.85 bits per heavy atom. The molecule has 7 nitrogen and oxygen atoms in total. The molecule has 20 heavy (non-hydrogen) atoms. The molecule has 4 atom stereocenters. The normalized spacial score (nSPS) is 29.8. The van der Waals surface area contributed by atoms with Gasteiger partial charge in [-0.3, -0.25) is 4.57 Å². The first kappa shape index (κ1) is 14.9. The predicted octanol–water partition coefficient (Wildman–Crippen LogP) is 0.0308.